The largest absolute Gasteiger partial charge is 0.397 e. The predicted molar refractivity (Wildman–Crippen MR) is 53.3 cm³/mol. The van der Waals surface area contributed by atoms with E-state index in [-0.39, 0.29) is 12.2 Å². The number of nitrogens with zero attached hydrogens (tertiary/aromatic N) is 1. The van der Waals surface area contributed by atoms with Crippen LogP contribution in [0.15, 0.2) is 22.5 Å². The zero-order valence-electron chi connectivity index (χ0n) is 7.95. The van der Waals surface area contributed by atoms with Crippen LogP contribution >= 0.6 is 0 Å². The summed E-state index contributed by atoms with van der Waals surface area (Å²) in [6, 6.07) is 2.87. The van der Waals surface area contributed by atoms with Crippen LogP contribution in [0, 0.1) is 0 Å². The highest BCUT2D eigenvalue weighted by atomic mass is 16.3. The Morgan fingerprint density at radius 2 is 2.36 bits per heavy atom. The van der Waals surface area contributed by atoms with Crippen molar-refractivity contribution in [3.63, 3.8) is 0 Å². The lowest BCUT2D eigenvalue weighted by atomic mass is 10.1. The second-order valence-electron chi connectivity index (χ2n) is 2.84. The number of aromatic amines is 1. The van der Waals surface area contributed by atoms with Crippen molar-refractivity contribution < 1.29 is 5.11 Å². The molecule has 0 atom stereocenters. The maximum Gasteiger partial charge on any atom is 0.264 e. The Morgan fingerprint density at radius 3 is 2.79 bits per heavy atom. The molecule has 5 nitrogen and oxygen atoms in total. The van der Waals surface area contributed by atoms with Crippen molar-refractivity contribution in [1.82, 2.24) is 10.2 Å². The monoisotopic (exact) mass is 195 g/mol. The second kappa shape index (κ2) is 4.57. The van der Waals surface area contributed by atoms with Gasteiger partial charge in [0.05, 0.1) is 12.3 Å². The van der Waals surface area contributed by atoms with E-state index in [1.807, 2.05) is 6.92 Å². The highest BCUT2D eigenvalue weighted by Gasteiger charge is 2.04. The zero-order chi connectivity index (χ0) is 10.6. The van der Waals surface area contributed by atoms with Gasteiger partial charge in [0.15, 0.2) is 0 Å². The number of aromatic nitrogens is 2. The molecule has 0 unspecified atom stereocenters. The number of hydrogen-bond donors (Lipinski definition) is 3. The van der Waals surface area contributed by atoms with E-state index >= 15 is 0 Å². The first-order chi connectivity index (χ1) is 6.69. The molecule has 4 N–H and O–H groups in total. The fourth-order valence-corrected chi connectivity index (χ4v) is 1.06. The fraction of sp³-hybridized carbons (Fsp3) is 0.333. The minimum atomic E-state index is -0.274. The van der Waals surface area contributed by atoms with Gasteiger partial charge in [0.25, 0.3) is 5.56 Å². The first-order valence-electron chi connectivity index (χ1n) is 4.33. The maximum absolute atomic E-state index is 10.7. The number of nitrogens with one attached hydrogen (secondary N) is 1. The van der Waals surface area contributed by atoms with Gasteiger partial charge in [0, 0.05) is 6.07 Å². The van der Waals surface area contributed by atoms with Gasteiger partial charge in [-0.05, 0) is 18.1 Å². The van der Waals surface area contributed by atoms with Crippen molar-refractivity contribution in [2.24, 2.45) is 5.73 Å². The molecule has 0 spiro atoms. The van der Waals surface area contributed by atoms with Crippen molar-refractivity contribution in [3.05, 3.63) is 33.8 Å². The molecule has 0 fully saturated rings. The summed E-state index contributed by atoms with van der Waals surface area (Å²) in [4.78, 5) is 10.7. The highest BCUT2D eigenvalue weighted by Crippen LogP contribution is 2.11. The quantitative estimate of drug-likeness (QED) is 0.625. The molecular formula is C9H13N3O2. The lowest BCUT2D eigenvalue weighted by Crippen LogP contribution is -2.12. The van der Waals surface area contributed by atoms with Gasteiger partial charge in [-0.3, -0.25) is 4.79 Å². The Morgan fingerprint density at radius 1 is 1.64 bits per heavy atom. The summed E-state index contributed by atoms with van der Waals surface area (Å²) in [5.41, 5.74) is 7.09. The summed E-state index contributed by atoms with van der Waals surface area (Å²) in [5.74, 6) is 0. The molecule has 1 aromatic heterocycles. The third-order valence-corrected chi connectivity index (χ3v) is 1.95. The van der Waals surface area contributed by atoms with Crippen LogP contribution in [0.25, 0.3) is 5.70 Å². The van der Waals surface area contributed by atoms with Crippen LogP contribution in [0.5, 0.6) is 0 Å². The van der Waals surface area contributed by atoms with E-state index in [9.17, 15) is 4.79 Å². The van der Waals surface area contributed by atoms with Crippen LogP contribution in [0.2, 0.25) is 0 Å². The Labute approximate surface area is 81.3 Å². The Bertz CT molecular complexity index is 369. The summed E-state index contributed by atoms with van der Waals surface area (Å²) in [5, 5.41) is 15.0. The van der Waals surface area contributed by atoms with Crippen LogP contribution < -0.4 is 11.3 Å². The lowest BCUT2D eigenvalue weighted by Gasteiger charge is -2.05. The number of hydrogen-bond acceptors (Lipinski definition) is 4. The smallest absolute Gasteiger partial charge is 0.264 e. The second-order valence-corrected chi connectivity index (χ2v) is 2.84. The van der Waals surface area contributed by atoms with Crippen LogP contribution in [0.1, 0.15) is 19.0 Å². The number of rotatable bonds is 3. The third kappa shape index (κ3) is 2.20. The normalized spacial score (nSPS) is 12.4. The van der Waals surface area contributed by atoms with Gasteiger partial charge in [0.2, 0.25) is 0 Å². The standard InChI is InChI=1S/C9H13N3O2/c1-2-6(5-13)9(10)7-3-4-8(14)12-11-7/h3-4,13H,2,5,10H2,1H3,(H,12,14)/b9-6-. The first-order valence-corrected chi connectivity index (χ1v) is 4.33. The first kappa shape index (κ1) is 10.5. The van der Waals surface area contributed by atoms with E-state index in [2.05, 4.69) is 10.2 Å². The van der Waals surface area contributed by atoms with Crippen molar-refractivity contribution in [1.29, 1.82) is 0 Å². The van der Waals surface area contributed by atoms with Crippen LogP contribution in [-0.2, 0) is 0 Å². The summed E-state index contributed by atoms with van der Waals surface area (Å²) < 4.78 is 0. The van der Waals surface area contributed by atoms with Gasteiger partial charge in [-0.25, -0.2) is 5.10 Å². The van der Waals surface area contributed by atoms with E-state index in [0.29, 0.717) is 23.4 Å². The molecule has 14 heavy (non-hydrogen) atoms. The molecule has 0 bridgehead atoms. The molecule has 0 radical (unpaired) electrons. The lowest BCUT2D eigenvalue weighted by molar-refractivity contribution is 0.328. The van der Waals surface area contributed by atoms with E-state index < -0.39 is 0 Å². The summed E-state index contributed by atoms with van der Waals surface area (Å²) >= 11 is 0. The fourth-order valence-electron chi connectivity index (χ4n) is 1.06. The number of nitrogens with two attached hydrogens (primary N) is 1. The molecule has 76 valence electrons. The molecule has 1 heterocycles. The third-order valence-electron chi connectivity index (χ3n) is 1.95. The Kier molecular flexibility index (Phi) is 3.41. The highest BCUT2D eigenvalue weighted by molar-refractivity contribution is 5.62. The van der Waals surface area contributed by atoms with E-state index in [4.69, 9.17) is 10.8 Å². The molecule has 0 aromatic carbocycles. The van der Waals surface area contributed by atoms with Crippen LogP contribution in [-0.4, -0.2) is 21.9 Å². The average molecular weight is 195 g/mol. The van der Waals surface area contributed by atoms with Crippen LogP contribution in [0.4, 0.5) is 0 Å². The minimum Gasteiger partial charge on any atom is -0.397 e. The van der Waals surface area contributed by atoms with E-state index in [0.717, 1.165) is 0 Å². The summed E-state index contributed by atoms with van der Waals surface area (Å²) in [7, 11) is 0. The molecule has 0 aliphatic rings. The molecule has 1 rings (SSSR count). The van der Waals surface area contributed by atoms with Crippen LogP contribution in [0.3, 0.4) is 0 Å². The molecule has 5 heteroatoms. The molecule has 0 aliphatic carbocycles. The molecule has 0 aliphatic heterocycles. The summed E-state index contributed by atoms with van der Waals surface area (Å²) in [6.07, 6.45) is 0.656. The van der Waals surface area contributed by atoms with E-state index in [1.165, 1.54) is 12.1 Å². The van der Waals surface area contributed by atoms with Crippen molar-refractivity contribution in [2.75, 3.05) is 6.61 Å². The molecule has 0 amide bonds. The van der Waals surface area contributed by atoms with E-state index in [1.54, 1.807) is 0 Å². The van der Waals surface area contributed by atoms with Crippen molar-refractivity contribution in [3.8, 4) is 0 Å². The zero-order valence-corrected chi connectivity index (χ0v) is 7.95. The topological polar surface area (TPSA) is 92.0 Å². The van der Waals surface area contributed by atoms with Gasteiger partial charge in [-0.2, -0.15) is 5.10 Å². The van der Waals surface area contributed by atoms with Gasteiger partial charge < -0.3 is 10.8 Å². The summed E-state index contributed by atoms with van der Waals surface area (Å²) in [6.45, 7) is 1.80. The molecule has 1 aromatic rings. The van der Waals surface area contributed by atoms with Gasteiger partial charge in [-0.1, -0.05) is 6.92 Å². The van der Waals surface area contributed by atoms with Gasteiger partial charge >= 0.3 is 0 Å². The van der Waals surface area contributed by atoms with Gasteiger partial charge in [0.1, 0.15) is 5.69 Å². The number of aliphatic hydroxyl groups excluding tert-OH is 1. The SMILES string of the molecule is CC/C(CO)=C(/N)c1ccc(=O)[nH]n1. The Hall–Kier alpha value is -1.62. The molecule has 0 saturated carbocycles. The Balaban J connectivity index is 3.10. The molecule has 0 saturated heterocycles. The van der Waals surface area contributed by atoms with Crippen molar-refractivity contribution in [2.45, 2.75) is 13.3 Å². The predicted octanol–water partition coefficient (Wildman–Crippen LogP) is -0.158. The van der Waals surface area contributed by atoms with Crippen molar-refractivity contribution >= 4 is 5.70 Å². The average Bonchev–Trinajstić information content (AvgIpc) is 2.20. The number of H-pyrrole nitrogens is 1. The molecular weight excluding hydrogens is 182 g/mol. The number of aliphatic hydroxyl groups is 1. The maximum atomic E-state index is 10.7. The minimum absolute atomic E-state index is 0.0941. The van der Waals surface area contributed by atoms with Gasteiger partial charge in [-0.15, -0.1) is 0 Å².